The van der Waals surface area contributed by atoms with Crippen molar-refractivity contribution in [2.75, 3.05) is 7.05 Å². The SMILES string of the molecule is CN(Cc1ccccc1F)Cc1cc(C#N)ccc1F. The van der Waals surface area contributed by atoms with Crippen molar-refractivity contribution in [2.24, 2.45) is 0 Å². The van der Waals surface area contributed by atoms with Gasteiger partial charge in [-0.2, -0.15) is 5.26 Å². The van der Waals surface area contributed by atoms with E-state index < -0.39 is 0 Å². The summed E-state index contributed by atoms with van der Waals surface area (Å²) in [4.78, 5) is 1.80. The normalized spacial score (nSPS) is 10.6. The summed E-state index contributed by atoms with van der Waals surface area (Å²) in [7, 11) is 1.78. The topological polar surface area (TPSA) is 27.0 Å². The standard InChI is InChI=1S/C16H14F2N2/c1-20(10-13-4-2-3-5-15(13)17)11-14-8-12(9-19)6-7-16(14)18/h2-8H,10-11H2,1H3. The van der Waals surface area contributed by atoms with Gasteiger partial charge in [0.1, 0.15) is 11.6 Å². The molecule has 0 amide bonds. The van der Waals surface area contributed by atoms with Gasteiger partial charge in [0, 0.05) is 24.2 Å². The average Bonchev–Trinajstić information content (AvgIpc) is 2.44. The van der Waals surface area contributed by atoms with Gasteiger partial charge in [0.2, 0.25) is 0 Å². The third kappa shape index (κ3) is 3.40. The number of hydrogen-bond donors (Lipinski definition) is 0. The summed E-state index contributed by atoms with van der Waals surface area (Å²) in [5.41, 5.74) is 1.41. The number of hydrogen-bond acceptors (Lipinski definition) is 2. The molecular formula is C16H14F2N2. The zero-order valence-corrected chi connectivity index (χ0v) is 11.1. The fourth-order valence-corrected chi connectivity index (χ4v) is 2.03. The van der Waals surface area contributed by atoms with Crippen LogP contribution in [0.15, 0.2) is 42.5 Å². The van der Waals surface area contributed by atoms with Crippen molar-refractivity contribution in [3.63, 3.8) is 0 Å². The van der Waals surface area contributed by atoms with Crippen molar-refractivity contribution in [1.29, 1.82) is 5.26 Å². The summed E-state index contributed by atoms with van der Waals surface area (Å²) in [6, 6.07) is 12.7. The maximum Gasteiger partial charge on any atom is 0.127 e. The number of benzene rings is 2. The Morgan fingerprint density at radius 2 is 1.65 bits per heavy atom. The minimum atomic E-state index is -0.357. The summed E-state index contributed by atoms with van der Waals surface area (Å²) in [5, 5.41) is 8.82. The highest BCUT2D eigenvalue weighted by molar-refractivity contribution is 5.33. The van der Waals surface area contributed by atoms with Crippen LogP contribution in [0.3, 0.4) is 0 Å². The zero-order valence-electron chi connectivity index (χ0n) is 11.1. The second-order valence-corrected chi connectivity index (χ2v) is 4.68. The van der Waals surface area contributed by atoms with Gasteiger partial charge in [-0.05, 0) is 31.3 Å². The van der Waals surface area contributed by atoms with Gasteiger partial charge in [-0.1, -0.05) is 18.2 Å². The monoisotopic (exact) mass is 272 g/mol. The molecule has 0 aliphatic heterocycles. The van der Waals surface area contributed by atoms with E-state index in [0.29, 0.717) is 29.8 Å². The van der Waals surface area contributed by atoms with Crippen molar-refractivity contribution < 1.29 is 8.78 Å². The van der Waals surface area contributed by atoms with E-state index in [9.17, 15) is 8.78 Å². The maximum atomic E-state index is 13.7. The molecule has 102 valence electrons. The Bertz CT molecular complexity index is 647. The van der Waals surface area contributed by atoms with Crippen LogP contribution < -0.4 is 0 Å². The fourth-order valence-electron chi connectivity index (χ4n) is 2.03. The Morgan fingerprint density at radius 1 is 1.00 bits per heavy atom. The van der Waals surface area contributed by atoms with Crippen molar-refractivity contribution >= 4 is 0 Å². The van der Waals surface area contributed by atoms with E-state index in [1.807, 2.05) is 6.07 Å². The lowest BCUT2D eigenvalue weighted by Gasteiger charge is -2.17. The van der Waals surface area contributed by atoms with Gasteiger partial charge in [0.15, 0.2) is 0 Å². The van der Waals surface area contributed by atoms with Gasteiger partial charge in [-0.25, -0.2) is 8.78 Å². The molecule has 2 aromatic rings. The van der Waals surface area contributed by atoms with Gasteiger partial charge in [-0.15, -0.1) is 0 Å². The van der Waals surface area contributed by atoms with Crippen LogP contribution in [0.25, 0.3) is 0 Å². The lowest BCUT2D eigenvalue weighted by molar-refractivity contribution is 0.308. The van der Waals surface area contributed by atoms with Crippen molar-refractivity contribution in [1.82, 2.24) is 4.90 Å². The van der Waals surface area contributed by atoms with E-state index in [1.54, 1.807) is 30.1 Å². The van der Waals surface area contributed by atoms with Crippen molar-refractivity contribution in [2.45, 2.75) is 13.1 Å². The van der Waals surface area contributed by atoms with Crippen LogP contribution in [0, 0.1) is 23.0 Å². The Hall–Kier alpha value is -2.25. The molecule has 0 saturated heterocycles. The Balaban J connectivity index is 2.11. The van der Waals surface area contributed by atoms with E-state index >= 15 is 0 Å². The molecule has 0 unspecified atom stereocenters. The summed E-state index contributed by atoms with van der Waals surface area (Å²) in [6.07, 6.45) is 0. The second-order valence-electron chi connectivity index (χ2n) is 4.68. The van der Waals surface area contributed by atoms with Crippen LogP contribution in [0.4, 0.5) is 8.78 Å². The molecule has 2 aromatic carbocycles. The van der Waals surface area contributed by atoms with Crippen LogP contribution in [0.5, 0.6) is 0 Å². The van der Waals surface area contributed by atoms with Gasteiger partial charge in [0.25, 0.3) is 0 Å². The number of nitrogens with zero attached hydrogens (tertiary/aromatic N) is 2. The van der Waals surface area contributed by atoms with Gasteiger partial charge in [0.05, 0.1) is 11.6 Å². The van der Waals surface area contributed by atoms with Crippen molar-refractivity contribution in [3.05, 3.63) is 70.8 Å². The molecule has 0 saturated carbocycles. The Kier molecular flexibility index (Phi) is 4.44. The first-order valence-electron chi connectivity index (χ1n) is 6.20. The predicted molar refractivity (Wildman–Crippen MR) is 72.7 cm³/mol. The first kappa shape index (κ1) is 14.2. The third-order valence-corrected chi connectivity index (χ3v) is 3.01. The summed E-state index contributed by atoms with van der Waals surface area (Å²) < 4.78 is 27.2. The van der Waals surface area contributed by atoms with E-state index in [-0.39, 0.29) is 11.6 Å². The molecule has 20 heavy (non-hydrogen) atoms. The van der Waals surface area contributed by atoms with Crippen molar-refractivity contribution in [3.8, 4) is 6.07 Å². The van der Waals surface area contributed by atoms with E-state index in [2.05, 4.69) is 0 Å². The molecule has 0 aromatic heterocycles. The first-order valence-corrected chi connectivity index (χ1v) is 6.20. The van der Waals surface area contributed by atoms with Gasteiger partial charge >= 0.3 is 0 Å². The van der Waals surface area contributed by atoms with Crippen LogP contribution in [-0.4, -0.2) is 11.9 Å². The van der Waals surface area contributed by atoms with E-state index in [0.717, 1.165) is 0 Å². The van der Waals surface area contributed by atoms with E-state index in [1.165, 1.54) is 24.3 Å². The number of rotatable bonds is 4. The molecule has 2 nitrogen and oxygen atoms in total. The highest BCUT2D eigenvalue weighted by atomic mass is 19.1. The lowest BCUT2D eigenvalue weighted by atomic mass is 10.1. The zero-order chi connectivity index (χ0) is 14.5. The highest BCUT2D eigenvalue weighted by Gasteiger charge is 2.09. The van der Waals surface area contributed by atoms with Gasteiger partial charge in [-0.3, -0.25) is 4.90 Å². The average molecular weight is 272 g/mol. The number of nitriles is 1. The Morgan fingerprint density at radius 3 is 2.35 bits per heavy atom. The minimum absolute atomic E-state index is 0.273. The minimum Gasteiger partial charge on any atom is -0.298 e. The largest absolute Gasteiger partial charge is 0.298 e. The molecule has 0 spiro atoms. The molecule has 0 radical (unpaired) electrons. The molecule has 0 heterocycles. The molecule has 0 N–H and O–H groups in total. The first-order chi connectivity index (χ1) is 9.60. The lowest BCUT2D eigenvalue weighted by Crippen LogP contribution is -2.18. The highest BCUT2D eigenvalue weighted by Crippen LogP contribution is 2.15. The molecule has 0 atom stereocenters. The quantitative estimate of drug-likeness (QED) is 0.852. The summed E-state index contributed by atoms with van der Waals surface area (Å²) >= 11 is 0. The summed E-state index contributed by atoms with van der Waals surface area (Å²) in [5.74, 6) is -0.630. The fraction of sp³-hybridized carbons (Fsp3) is 0.188. The van der Waals surface area contributed by atoms with Gasteiger partial charge < -0.3 is 0 Å². The predicted octanol–water partition coefficient (Wildman–Crippen LogP) is 3.47. The number of halogens is 2. The third-order valence-electron chi connectivity index (χ3n) is 3.01. The molecule has 0 aliphatic rings. The smallest absolute Gasteiger partial charge is 0.127 e. The molecular weight excluding hydrogens is 258 g/mol. The Labute approximate surface area is 116 Å². The van der Waals surface area contributed by atoms with Crippen LogP contribution in [0.2, 0.25) is 0 Å². The van der Waals surface area contributed by atoms with Crippen LogP contribution in [-0.2, 0) is 13.1 Å². The second kappa shape index (κ2) is 6.27. The molecule has 0 fully saturated rings. The van der Waals surface area contributed by atoms with E-state index in [4.69, 9.17) is 5.26 Å². The molecule has 0 aliphatic carbocycles. The van der Waals surface area contributed by atoms with Crippen LogP contribution in [0.1, 0.15) is 16.7 Å². The molecule has 2 rings (SSSR count). The molecule has 0 bridgehead atoms. The maximum absolute atomic E-state index is 13.7. The van der Waals surface area contributed by atoms with Crippen LogP contribution >= 0.6 is 0 Å². The molecule has 4 heteroatoms. The summed E-state index contributed by atoms with van der Waals surface area (Å²) in [6.45, 7) is 0.693.